The van der Waals surface area contributed by atoms with Crippen molar-refractivity contribution in [2.75, 3.05) is 13.7 Å². The Morgan fingerprint density at radius 2 is 2.37 bits per heavy atom. The number of carbonyl (C=O) groups excluding carboxylic acids is 1. The molecule has 0 aliphatic heterocycles. The lowest BCUT2D eigenvalue weighted by Crippen LogP contribution is -2.27. The lowest BCUT2D eigenvalue weighted by atomic mass is 10.2. The van der Waals surface area contributed by atoms with E-state index < -0.39 is 0 Å². The van der Waals surface area contributed by atoms with Crippen LogP contribution in [0.2, 0.25) is 0 Å². The number of hydrogen-bond acceptors (Lipinski definition) is 4. The van der Waals surface area contributed by atoms with Gasteiger partial charge in [-0.1, -0.05) is 0 Å². The fourth-order valence-corrected chi connectivity index (χ4v) is 1.57. The molecule has 0 unspecified atom stereocenters. The molecule has 0 saturated carbocycles. The van der Waals surface area contributed by atoms with Gasteiger partial charge >= 0.3 is 0 Å². The number of rotatable bonds is 6. The lowest BCUT2D eigenvalue weighted by Gasteiger charge is -2.12. The van der Waals surface area contributed by atoms with Crippen molar-refractivity contribution in [1.82, 2.24) is 5.32 Å². The molecule has 0 saturated heterocycles. The maximum atomic E-state index is 11.6. The summed E-state index contributed by atoms with van der Waals surface area (Å²) in [5.41, 5.74) is 0.837. The highest BCUT2D eigenvalue weighted by Gasteiger charge is 2.13. The maximum absolute atomic E-state index is 11.6. The van der Waals surface area contributed by atoms with Gasteiger partial charge in [0.15, 0.2) is 0 Å². The van der Waals surface area contributed by atoms with Crippen LogP contribution in [-0.2, 0) is 9.53 Å². The van der Waals surface area contributed by atoms with Gasteiger partial charge in [0.2, 0.25) is 5.91 Å². The van der Waals surface area contributed by atoms with Crippen molar-refractivity contribution < 1.29 is 18.4 Å². The standard InChI is InChI=1S/C14H15NO4/c1-17-13(12-3-2-7-19-12)9-15-14(16)5-4-11-6-8-18-10-11/h2-8,10,13H,9H2,1H3,(H,15,16)/b5-4+/t13-/m0/s1. The number of furan rings is 2. The zero-order valence-electron chi connectivity index (χ0n) is 10.5. The summed E-state index contributed by atoms with van der Waals surface area (Å²) in [5.74, 6) is 0.483. The first-order valence-corrected chi connectivity index (χ1v) is 5.84. The van der Waals surface area contributed by atoms with Crippen LogP contribution in [0.5, 0.6) is 0 Å². The van der Waals surface area contributed by atoms with Crippen LogP contribution in [0.3, 0.4) is 0 Å². The van der Waals surface area contributed by atoms with E-state index in [9.17, 15) is 4.79 Å². The number of methoxy groups -OCH3 is 1. The van der Waals surface area contributed by atoms with Crippen molar-refractivity contribution in [3.63, 3.8) is 0 Å². The minimum absolute atomic E-state index is 0.199. The molecule has 0 spiro atoms. The Balaban J connectivity index is 1.82. The minimum Gasteiger partial charge on any atom is -0.472 e. The number of ether oxygens (including phenoxy) is 1. The largest absolute Gasteiger partial charge is 0.472 e. The first-order valence-electron chi connectivity index (χ1n) is 5.84. The first kappa shape index (κ1) is 13.2. The summed E-state index contributed by atoms with van der Waals surface area (Å²) in [6, 6.07) is 5.36. The predicted molar refractivity (Wildman–Crippen MR) is 69.2 cm³/mol. The molecule has 0 fully saturated rings. The molecule has 1 amide bonds. The molecule has 0 bridgehead atoms. The third-order valence-electron chi connectivity index (χ3n) is 2.58. The van der Waals surface area contributed by atoms with E-state index in [4.69, 9.17) is 13.6 Å². The quantitative estimate of drug-likeness (QED) is 0.811. The summed E-state index contributed by atoms with van der Waals surface area (Å²) >= 11 is 0. The molecule has 0 aromatic carbocycles. The molecule has 5 nitrogen and oxygen atoms in total. The van der Waals surface area contributed by atoms with Gasteiger partial charge in [-0.05, 0) is 24.3 Å². The molecule has 2 heterocycles. The second kappa shape index (κ2) is 6.61. The molecule has 1 atom stereocenters. The molecule has 1 N–H and O–H groups in total. The van der Waals surface area contributed by atoms with Crippen LogP contribution in [0.1, 0.15) is 17.4 Å². The Bertz CT molecular complexity index is 514. The third kappa shape index (κ3) is 3.86. The highest BCUT2D eigenvalue weighted by molar-refractivity contribution is 5.91. The lowest BCUT2D eigenvalue weighted by molar-refractivity contribution is -0.117. The summed E-state index contributed by atoms with van der Waals surface area (Å²) in [7, 11) is 1.57. The Hall–Kier alpha value is -2.27. The van der Waals surface area contributed by atoms with Crippen molar-refractivity contribution in [2.24, 2.45) is 0 Å². The maximum Gasteiger partial charge on any atom is 0.244 e. The minimum atomic E-state index is -0.290. The molecule has 19 heavy (non-hydrogen) atoms. The Morgan fingerprint density at radius 3 is 3.00 bits per heavy atom. The second-order valence-corrected chi connectivity index (χ2v) is 3.87. The van der Waals surface area contributed by atoms with Gasteiger partial charge in [-0.25, -0.2) is 0 Å². The number of nitrogens with one attached hydrogen (secondary N) is 1. The first-order chi connectivity index (χ1) is 9.29. The van der Waals surface area contributed by atoms with Crippen LogP contribution in [0.15, 0.2) is 51.9 Å². The molecule has 2 aromatic heterocycles. The fourth-order valence-electron chi connectivity index (χ4n) is 1.57. The smallest absolute Gasteiger partial charge is 0.244 e. The van der Waals surface area contributed by atoms with Crippen LogP contribution in [0.4, 0.5) is 0 Å². The van der Waals surface area contributed by atoms with Gasteiger partial charge < -0.3 is 18.9 Å². The van der Waals surface area contributed by atoms with Gasteiger partial charge in [-0.3, -0.25) is 4.79 Å². The molecule has 2 aromatic rings. The van der Waals surface area contributed by atoms with Crippen LogP contribution >= 0.6 is 0 Å². The normalized spacial score (nSPS) is 12.7. The highest BCUT2D eigenvalue weighted by Crippen LogP contribution is 2.15. The van der Waals surface area contributed by atoms with Gasteiger partial charge in [0, 0.05) is 18.7 Å². The zero-order chi connectivity index (χ0) is 13.5. The van der Waals surface area contributed by atoms with Crippen molar-refractivity contribution in [2.45, 2.75) is 6.10 Å². The fraction of sp³-hybridized carbons (Fsp3) is 0.214. The Morgan fingerprint density at radius 1 is 1.47 bits per heavy atom. The third-order valence-corrected chi connectivity index (χ3v) is 2.58. The predicted octanol–water partition coefficient (Wildman–Crippen LogP) is 2.39. The molecular weight excluding hydrogens is 246 g/mol. The van der Waals surface area contributed by atoms with E-state index in [-0.39, 0.29) is 12.0 Å². The van der Waals surface area contributed by atoms with E-state index >= 15 is 0 Å². The van der Waals surface area contributed by atoms with Gasteiger partial charge in [0.25, 0.3) is 0 Å². The number of hydrogen-bond donors (Lipinski definition) is 1. The van der Waals surface area contributed by atoms with Gasteiger partial charge in [0.05, 0.1) is 25.3 Å². The van der Waals surface area contributed by atoms with E-state index in [2.05, 4.69) is 5.32 Å². The molecule has 100 valence electrons. The van der Waals surface area contributed by atoms with Gasteiger partial charge in [-0.2, -0.15) is 0 Å². The molecule has 0 aliphatic rings. The Kier molecular flexibility index (Phi) is 4.58. The monoisotopic (exact) mass is 261 g/mol. The van der Waals surface area contributed by atoms with Crippen molar-refractivity contribution >= 4 is 12.0 Å². The molecular formula is C14H15NO4. The summed E-state index contributed by atoms with van der Waals surface area (Å²) in [6.45, 7) is 0.346. The topological polar surface area (TPSA) is 64.6 Å². The van der Waals surface area contributed by atoms with Crippen LogP contribution in [0.25, 0.3) is 6.08 Å². The summed E-state index contributed by atoms with van der Waals surface area (Å²) in [6.07, 6.45) is 7.51. The van der Waals surface area contributed by atoms with Crippen LogP contribution < -0.4 is 5.32 Å². The van der Waals surface area contributed by atoms with Crippen molar-refractivity contribution in [1.29, 1.82) is 0 Å². The highest BCUT2D eigenvalue weighted by atomic mass is 16.5. The van der Waals surface area contributed by atoms with Crippen molar-refractivity contribution in [3.8, 4) is 0 Å². The molecule has 2 rings (SSSR count). The van der Waals surface area contributed by atoms with E-state index in [0.29, 0.717) is 12.3 Å². The average molecular weight is 261 g/mol. The molecule has 5 heteroatoms. The Labute approximate surface area is 110 Å². The van der Waals surface area contributed by atoms with Crippen LogP contribution in [0, 0.1) is 0 Å². The van der Waals surface area contributed by atoms with E-state index in [1.807, 2.05) is 6.07 Å². The number of carbonyl (C=O) groups is 1. The van der Waals surface area contributed by atoms with E-state index in [1.54, 1.807) is 44.1 Å². The summed E-state index contributed by atoms with van der Waals surface area (Å²) < 4.78 is 15.4. The average Bonchev–Trinajstić information content (AvgIpc) is 3.10. The number of amides is 1. The summed E-state index contributed by atoms with van der Waals surface area (Å²) in [5, 5.41) is 2.74. The van der Waals surface area contributed by atoms with E-state index in [1.165, 1.54) is 6.08 Å². The van der Waals surface area contributed by atoms with Gasteiger partial charge in [-0.15, -0.1) is 0 Å². The summed E-state index contributed by atoms with van der Waals surface area (Å²) in [4.78, 5) is 11.6. The molecule has 0 aliphatic carbocycles. The zero-order valence-corrected chi connectivity index (χ0v) is 10.5. The van der Waals surface area contributed by atoms with Gasteiger partial charge in [0.1, 0.15) is 11.9 Å². The van der Waals surface area contributed by atoms with Crippen LogP contribution in [-0.4, -0.2) is 19.6 Å². The second-order valence-electron chi connectivity index (χ2n) is 3.87. The SMILES string of the molecule is CO[C@@H](CNC(=O)/C=C/c1ccoc1)c1ccco1. The van der Waals surface area contributed by atoms with E-state index in [0.717, 1.165) is 5.56 Å². The van der Waals surface area contributed by atoms with Crippen molar-refractivity contribution in [3.05, 3.63) is 54.4 Å². The molecule has 0 radical (unpaired) electrons.